The molecule has 1 radical (unpaired) electrons. The highest BCUT2D eigenvalue weighted by Gasteiger charge is 1.94. The molecule has 0 aromatic heterocycles. The van der Waals surface area contributed by atoms with Crippen molar-refractivity contribution in [3.8, 4) is 5.75 Å². The van der Waals surface area contributed by atoms with E-state index < -0.39 is 0 Å². The standard InChI is InChI=1S/C15H23O/c1-3-5-6-7-8-13-16-15-11-9-14(4-2)10-12-15/h9-12H,2-8,13H2,1H3. The lowest BCUT2D eigenvalue weighted by Gasteiger charge is -2.06. The first-order chi connectivity index (χ1) is 7.86. The number of benzene rings is 1. The lowest BCUT2D eigenvalue weighted by molar-refractivity contribution is 0.304. The summed E-state index contributed by atoms with van der Waals surface area (Å²) in [4.78, 5) is 0. The van der Waals surface area contributed by atoms with Crippen LogP contribution in [0.2, 0.25) is 0 Å². The van der Waals surface area contributed by atoms with Gasteiger partial charge in [-0.05, 0) is 37.5 Å². The van der Waals surface area contributed by atoms with Gasteiger partial charge in [0.2, 0.25) is 0 Å². The average molecular weight is 219 g/mol. The van der Waals surface area contributed by atoms with Gasteiger partial charge in [0.25, 0.3) is 0 Å². The zero-order valence-electron chi connectivity index (χ0n) is 10.4. The molecule has 0 saturated carbocycles. The van der Waals surface area contributed by atoms with Crippen molar-refractivity contribution in [2.24, 2.45) is 0 Å². The monoisotopic (exact) mass is 219 g/mol. The molecule has 1 rings (SSSR count). The molecule has 1 heteroatoms. The molecule has 1 aromatic carbocycles. The van der Waals surface area contributed by atoms with Crippen LogP contribution in [0.25, 0.3) is 0 Å². The molecule has 0 amide bonds. The maximum atomic E-state index is 5.67. The molecule has 0 fully saturated rings. The Balaban J connectivity index is 2.12. The average Bonchev–Trinajstić information content (AvgIpc) is 2.34. The summed E-state index contributed by atoms with van der Waals surface area (Å²) in [7, 11) is 0. The van der Waals surface area contributed by atoms with Crippen LogP contribution < -0.4 is 4.74 Å². The van der Waals surface area contributed by atoms with E-state index in [0.29, 0.717) is 0 Å². The van der Waals surface area contributed by atoms with Crippen molar-refractivity contribution in [1.82, 2.24) is 0 Å². The Kier molecular flexibility index (Phi) is 6.71. The Hall–Kier alpha value is -0.980. The minimum absolute atomic E-state index is 0.841. The zero-order chi connectivity index (χ0) is 11.6. The zero-order valence-corrected chi connectivity index (χ0v) is 10.4. The van der Waals surface area contributed by atoms with Gasteiger partial charge >= 0.3 is 0 Å². The highest BCUT2D eigenvalue weighted by atomic mass is 16.5. The van der Waals surface area contributed by atoms with E-state index in [2.05, 4.69) is 26.0 Å². The summed E-state index contributed by atoms with van der Waals surface area (Å²) in [6.45, 7) is 6.93. The molecule has 89 valence electrons. The molecule has 1 nitrogen and oxygen atoms in total. The molecule has 0 spiro atoms. The van der Waals surface area contributed by atoms with E-state index in [4.69, 9.17) is 4.74 Å². The summed E-state index contributed by atoms with van der Waals surface area (Å²) in [5.74, 6) is 0.979. The van der Waals surface area contributed by atoms with Gasteiger partial charge in [-0.2, -0.15) is 0 Å². The van der Waals surface area contributed by atoms with Gasteiger partial charge in [-0.1, -0.05) is 44.7 Å². The Morgan fingerprint density at radius 3 is 2.31 bits per heavy atom. The van der Waals surface area contributed by atoms with Crippen LogP contribution in [-0.4, -0.2) is 6.61 Å². The van der Waals surface area contributed by atoms with Crippen LogP contribution >= 0.6 is 0 Å². The molecule has 16 heavy (non-hydrogen) atoms. The molecular weight excluding hydrogens is 196 g/mol. The number of unbranched alkanes of at least 4 members (excludes halogenated alkanes) is 4. The van der Waals surface area contributed by atoms with Crippen molar-refractivity contribution in [3.63, 3.8) is 0 Å². The van der Waals surface area contributed by atoms with Gasteiger partial charge in [0.1, 0.15) is 5.75 Å². The molecule has 0 aliphatic heterocycles. The summed E-state index contributed by atoms with van der Waals surface area (Å²) in [6, 6.07) is 8.23. The quantitative estimate of drug-likeness (QED) is 0.588. The molecule has 1 aromatic rings. The summed E-state index contributed by atoms with van der Waals surface area (Å²) in [6.07, 6.45) is 7.27. The van der Waals surface area contributed by atoms with E-state index in [9.17, 15) is 0 Å². The number of ether oxygens (including phenoxy) is 1. The Bertz CT molecular complexity index is 263. The van der Waals surface area contributed by atoms with E-state index in [0.717, 1.165) is 25.2 Å². The highest BCUT2D eigenvalue weighted by Crippen LogP contribution is 2.13. The number of rotatable bonds is 8. The summed E-state index contributed by atoms with van der Waals surface area (Å²) in [5, 5.41) is 0. The molecule has 0 unspecified atom stereocenters. The van der Waals surface area contributed by atoms with Crippen LogP contribution in [0.5, 0.6) is 5.75 Å². The van der Waals surface area contributed by atoms with Crippen molar-refractivity contribution in [3.05, 3.63) is 36.8 Å². The first kappa shape index (κ1) is 13.1. The van der Waals surface area contributed by atoms with Crippen LogP contribution in [0.4, 0.5) is 0 Å². The Morgan fingerprint density at radius 1 is 1.00 bits per heavy atom. The fourth-order valence-corrected chi connectivity index (χ4v) is 1.65. The molecule has 0 heterocycles. The van der Waals surface area contributed by atoms with Crippen molar-refractivity contribution in [2.45, 2.75) is 45.4 Å². The second-order valence-corrected chi connectivity index (χ2v) is 4.16. The number of hydrogen-bond acceptors (Lipinski definition) is 1. The summed E-state index contributed by atoms with van der Waals surface area (Å²) < 4.78 is 5.67. The third kappa shape index (κ3) is 5.20. The lowest BCUT2D eigenvalue weighted by atomic mass is 10.1. The van der Waals surface area contributed by atoms with Crippen LogP contribution in [0.15, 0.2) is 24.3 Å². The molecule has 0 atom stereocenters. The first-order valence-corrected chi connectivity index (χ1v) is 6.37. The van der Waals surface area contributed by atoms with Crippen molar-refractivity contribution < 1.29 is 4.74 Å². The summed E-state index contributed by atoms with van der Waals surface area (Å²) >= 11 is 0. The molecule has 0 saturated heterocycles. The van der Waals surface area contributed by atoms with Gasteiger partial charge in [-0.3, -0.25) is 0 Å². The topological polar surface area (TPSA) is 9.23 Å². The van der Waals surface area contributed by atoms with Crippen LogP contribution in [-0.2, 0) is 6.42 Å². The van der Waals surface area contributed by atoms with E-state index in [1.807, 2.05) is 12.1 Å². The van der Waals surface area contributed by atoms with Crippen molar-refractivity contribution in [1.29, 1.82) is 0 Å². The van der Waals surface area contributed by atoms with Crippen LogP contribution in [0.3, 0.4) is 0 Å². The SMILES string of the molecule is [CH2]Cc1ccc(OCCCCCCC)cc1. The van der Waals surface area contributed by atoms with Gasteiger partial charge in [-0.15, -0.1) is 0 Å². The smallest absolute Gasteiger partial charge is 0.119 e. The molecule has 0 aliphatic carbocycles. The third-order valence-corrected chi connectivity index (χ3v) is 2.73. The Morgan fingerprint density at radius 2 is 1.69 bits per heavy atom. The predicted molar refractivity (Wildman–Crippen MR) is 69.8 cm³/mol. The van der Waals surface area contributed by atoms with E-state index in [1.165, 1.54) is 31.2 Å². The summed E-state index contributed by atoms with van der Waals surface area (Å²) in [5.41, 5.74) is 1.26. The Labute approximate surface area is 99.8 Å². The van der Waals surface area contributed by atoms with Crippen molar-refractivity contribution >= 4 is 0 Å². The normalized spacial score (nSPS) is 10.4. The van der Waals surface area contributed by atoms with Gasteiger partial charge in [0, 0.05) is 0 Å². The molecular formula is C15H23O. The molecule has 0 aliphatic rings. The van der Waals surface area contributed by atoms with Crippen molar-refractivity contribution in [2.75, 3.05) is 6.61 Å². The molecule has 0 bridgehead atoms. The molecule has 0 N–H and O–H groups in total. The van der Waals surface area contributed by atoms with Crippen LogP contribution in [0, 0.1) is 6.92 Å². The van der Waals surface area contributed by atoms with E-state index in [-0.39, 0.29) is 0 Å². The highest BCUT2D eigenvalue weighted by molar-refractivity contribution is 5.27. The van der Waals surface area contributed by atoms with Gasteiger partial charge in [0.05, 0.1) is 6.61 Å². The minimum Gasteiger partial charge on any atom is -0.494 e. The largest absolute Gasteiger partial charge is 0.494 e. The second-order valence-electron chi connectivity index (χ2n) is 4.16. The lowest BCUT2D eigenvalue weighted by Crippen LogP contribution is -1.97. The third-order valence-electron chi connectivity index (χ3n) is 2.73. The van der Waals surface area contributed by atoms with E-state index in [1.54, 1.807) is 0 Å². The second kappa shape index (κ2) is 8.20. The van der Waals surface area contributed by atoms with Crippen LogP contribution in [0.1, 0.15) is 44.6 Å². The fourth-order valence-electron chi connectivity index (χ4n) is 1.65. The maximum absolute atomic E-state index is 5.67. The minimum atomic E-state index is 0.841. The van der Waals surface area contributed by atoms with Gasteiger partial charge < -0.3 is 4.74 Å². The fraction of sp³-hybridized carbons (Fsp3) is 0.533. The predicted octanol–water partition coefficient (Wildman–Crippen LogP) is 4.41. The van der Waals surface area contributed by atoms with E-state index >= 15 is 0 Å². The maximum Gasteiger partial charge on any atom is 0.119 e. The van der Waals surface area contributed by atoms with Gasteiger partial charge in [-0.25, -0.2) is 0 Å². The first-order valence-electron chi connectivity index (χ1n) is 6.37. The number of hydrogen-bond donors (Lipinski definition) is 0. The van der Waals surface area contributed by atoms with Gasteiger partial charge in [0.15, 0.2) is 0 Å².